The molecule has 3 aromatic rings. The van der Waals surface area contributed by atoms with Crippen LogP contribution in [0.1, 0.15) is 11.1 Å². The molecule has 8 heteroatoms. The maximum absolute atomic E-state index is 12.1. The van der Waals surface area contributed by atoms with Gasteiger partial charge in [0.2, 0.25) is 15.0 Å². The van der Waals surface area contributed by atoms with E-state index in [0.717, 1.165) is 17.4 Å². The minimum atomic E-state index is -3.49. The Bertz CT molecular complexity index is 1060. The molecule has 1 aliphatic heterocycles. The Balaban J connectivity index is 1.87. The summed E-state index contributed by atoms with van der Waals surface area (Å²) in [6, 6.07) is 10.8. The third-order valence-electron chi connectivity index (χ3n) is 3.84. The monoisotopic (exact) mass is 364 g/mol. The lowest BCUT2D eigenvalue weighted by molar-refractivity contribution is -0.194. The van der Waals surface area contributed by atoms with Gasteiger partial charge in [-0.05, 0) is 29.8 Å². The molecular formula is C16H13ClN2O4S. The van der Waals surface area contributed by atoms with Crippen LogP contribution in [0, 0.1) is 0 Å². The number of imidazole rings is 1. The van der Waals surface area contributed by atoms with Crippen LogP contribution in [0.15, 0.2) is 41.6 Å². The van der Waals surface area contributed by atoms with Crippen LogP contribution >= 0.6 is 11.6 Å². The van der Waals surface area contributed by atoms with E-state index in [2.05, 4.69) is 4.98 Å². The lowest BCUT2D eigenvalue weighted by Crippen LogP contribution is -2.10. The van der Waals surface area contributed by atoms with E-state index >= 15 is 0 Å². The first-order chi connectivity index (χ1) is 11.4. The summed E-state index contributed by atoms with van der Waals surface area (Å²) in [5.74, 6) is 0.649. The van der Waals surface area contributed by atoms with Gasteiger partial charge in [-0.15, -0.1) is 0 Å². The van der Waals surface area contributed by atoms with Crippen molar-refractivity contribution >= 4 is 32.5 Å². The van der Waals surface area contributed by atoms with Gasteiger partial charge >= 0.3 is 0 Å². The van der Waals surface area contributed by atoms with Crippen LogP contribution < -0.4 is 4.89 Å². The molecule has 0 bridgehead atoms. The van der Waals surface area contributed by atoms with Crippen LogP contribution in [-0.4, -0.2) is 24.2 Å². The second-order valence-electron chi connectivity index (χ2n) is 5.67. The second-order valence-corrected chi connectivity index (χ2v) is 8.02. The molecule has 24 heavy (non-hydrogen) atoms. The van der Waals surface area contributed by atoms with Gasteiger partial charge in [0.25, 0.3) is 0 Å². The molecule has 0 atom stereocenters. The van der Waals surface area contributed by atoms with E-state index in [1.165, 1.54) is 0 Å². The SMILES string of the molecule is CS(=O)(=O)c1nc2ccc(Cl)cc2n1Cc1ccc2c(c1)OOC2. The third-order valence-corrected chi connectivity index (χ3v) is 5.05. The lowest BCUT2D eigenvalue weighted by Gasteiger charge is -2.09. The molecule has 0 aliphatic carbocycles. The largest absolute Gasteiger partial charge is 0.337 e. The summed E-state index contributed by atoms with van der Waals surface area (Å²) in [6.45, 7) is 0.740. The first-order valence-electron chi connectivity index (χ1n) is 7.19. The second kappa shape index (κ2) is 5.47. The quantitative estimate of drug-likeness (QED) is 0.668. The molecule has 2 heterocycles. The predicted octanol–water partition coefficient (Wildman–Crippen LogP) is 2.97. The lowest BCUT2D eigenvalue weighted by atomic mass is 10.1. The minimum Gasteiger partial charge on any atom is -0.337 e. The van der Waals surface area contributed by atoms with Crippen LogP contribution in [0.25, 0.3) is 11.0 Å². The van der Waals surface area contributed by atoms with Crippen molar-refractivity contribution in [2.24, 2.45) is 0 Å². The number of sulfone groups is 1. The van der Waals surface area contributed by atoms with Gasteiger partial charge in [-0.3, -0.25) is 0 Å². The number of fused-ring (bicyclic) bond motifs is 2. The normalized spacial score (nSPS) is 13.9. The van der Waals surface area contributed by atoms with Gasteiger partial charge in [0.1, 0.15) is 6.61 Å². The fraction of sp³-hybridized carbons (Fsp3) is 0.188. The van der Waals surface area contributed by atoms with Crippen molar-refractivity contribution in [2.45, 2.75) is 18.3 Å². The van der Waals surface area contributed by atoms with Crippen molar-refractivity contribution in [3.05, 3.63) is 52.5 Å². The number of hydrogen-bond donors (Lipinski definition) is 0. The molecule has 0 fully saturated rings. The first-order valence-corrected chi connectivity index (χ1v) is 9.46. The predicted molar refractivity (Wildman–Crippen MR) is 88.8 cm³/mol. The number of nitrogens with zero attached hydrogens (tertiary/aromatic N) is 2. The molecule has 0 unspecified atom stereocenters. The highest BCUT2D eigenvalue weighted by molar-refractivity contribution is 7.90. The summed E-state index contributed by atoms with van der Waals surface area (Å²) >= 11 is 6.07. The fourth-order valence-corrected chi connectivity index (χ4v) is 3.74. The summed E-state index contributed by atoms with van der Waals surface area (Å²) in [4.78, 5) is 14.3. The molecule has 1 aromatic heterocycles. The highest BCUT2D eigenvalue weighted by atomic mass is 35.5. The zero-order valence-corrected chi connectivity index (χ0v) is 14.3. The minimum absolute atomic E-state index is 0.0115. The zero-order chi connectivity index (χ0) is 16.9. The van der Waals surface area contributed by atoms with Crippen molar-refractivity contribution in [1.82, 2.24) is 9.55 Å². The third kappa shape index (κ3) is 2.64. The number of halogens is 1. The average Bonchev–Trinajstić information content (AvgIpc) is 3.11. The fourth-order valence-electron chi connectivity index (χ4n) is 2.74. The van der Waals surface area contributed by atoms with E-state index in [-0.39, 0.29) is 5.16 Å². The molecular weight excluding hydrogens is 352 g/mol. The summed E-state index contributed by atoms with van der Waals surface area (Å²) < 4.78 is 25.9. The van der Waals surface area contributed by atoms with Crippen LogP contribution in [-0.2, 0) is 27.9 Å². The molecule has 0 amide bonds. The Morgan fingerprint density at radius 1 is 1.25 bits per heavy atom. The van der Waals surface area contributed by atoms with Gasteiger partial charge in [0, 0.05) is 16.8 Å². The summed E-state index contributed by atoms with van der Waals surface area (Å²) in [5, 5.41) is 0.534. The highest BCUT2D eigenvalue weighted by Gasteiger charge is 2.21. The smallest absolute Gasteiger partial charge is 0.228 e. The molecule has 0 N–H and O–H groups in total. The van der Waals surface area contributed by atoms with Gasteiger partial charge in [0.05, 0.1) is 17.6 Å². The Morgan fingerprint density at radius 2 is 2.08 bits per heavy atom. The Hall–Kier alpha value is -2.09. The van der Waals surface area contributed by atoms with Gasteiger partial charge in [-0.25, -0.2) is 13.4 Å². The zero-order valence-electron chi connectivity index (χ0n) is 12.7. The summed E-state index contributed by atoms with van der Waals surface area (Å²) in [7, 11) is -3.49. The van der Waals surface area contributed by atoms with E-state index < -0.39 is 9.84 Å². The Kier molecular flexibility index (Phi) is 3.52. The topological polar surface area (TPSA) is 70.4 Å². The van der Waals surface area contributed by atoms with Crippen LogP contribution in [0.4, 0.5) is 0 Å². The van der Waals surface area contributed by atoms with Gasteiger partial charge < -0.3 is 9.45 Å². The van der Waals surface area contributed by atoms with Crippen LogP contribution in [0.5, 0.6) is 5.75 Å². The van der Waals surface area contributed by atoms with Crippen molar-refractivity contribution in [3.63, 3.8) is 0 Å². The van der Waals surface area contributed by atoms with Crippen LogP contribution in [0.2, 0.25) is 5.02 Å². The van der Waals surface area contributed by atoms with Crippen molar-refractivity contribution in [2.75, 3.05) is 6.26 Å². The number of hydrogen-bond acceptors (Lipinski definition) is 5. The van der Waals surface area contributed by atoms with E-state index in [4.69, 9.17) is 21.4 Å². The molecule has 4 rings (SSSR count). The van der Waals surface area contributed by atoms with Gasteiger partial charge in [0.15, 0.2) is 5.75 Å². The molecule has 2 aromatic carbocycles. The van der Waals surface area contributed by atoms with Gasteiger partial charge in [-0.2, -0.15) is 4.89 Å². The molecule has 1 aliphatic rings. The van der Waals surface area contributed by atoms with E-state index in [9.17, 15) is 8.42 Å². The molecule has 0 saturated heterocycles. The van der Waals surface area contributed by atoms with Crippen LogP contribution in [0.3, 0.4) is 0 Å². The molecule has 0 radical (unpaired) electrons. The number of aromatic nitrogens is 2. The standard InChI is InChI=1S/C16H13ClN2O4S/c1-24(20,21)16-18-13-5-4-12(17)7-14(13)19(16)8-10-2-3-11-9-22-23-15(11)6-10/h2-7H,8-9H2,1H3. The van der Waals surface area contributed by atoms with E-state index in [0.29, 0.717) is 35.0 Å². The molecule has 6 nitrogen and oxygen atoms in total. The highest BCUT2D eigenvalue weighted by Crippen LogP contribution is 2.29. The summed E-state index contributed by atoms with van der Waals surface area (Å²) in [6.07, 6.45) is 1.14. The van der Waals surface area contributed by atoms with E-state index in [1.54, 1.807) is 22.8 Å². The molecule has 0 spiro atoms. The maximum atomic E-state index is 12.1. The molecule has 0 saturated carbocycles. The molecule has 124 valence electrons. The Labute approximate surface area is 143 Å². The number of benzene rings is 2. The van der Waals surface area contributed by atoms with Crippen molar-refractivity contribution < 1.29 is 18.2 Å². The maximum Gasteiger partial charge on any atom is 0.228 e. The van der Waals surface area contributed by atoms with Crippen molar-refractivity contribution in [1.29, 1.82) is 0 Å². The number of rotatable bonds is 3. The van der Waals surface area contributed by atoms with Crippen molar-refractivity contribution in [3.8, 4) is 5.75 Å². The van der Waals surface area contributed by atoms with Gasteiger partial charge in [-0.1, -0.05) is 23.7 Å². The Morgan fingerprint density at radius 3 is 2.88 bits per heavy atom. The summed E-state index contributed by atoms with van der Waals surface area (Å²) in [5.41, 5.74) is 3.09. The first kappa shape index (κ1) is 15.4. The average molecular weight is 365 g/mol. The van der Waals surface area contributed by atoms with E-state index in [1.807, 2.05) is 18.2 Å².